The molecule has 0 bridgehead atoms. The van der Waals surface area contributed by atoms with Crippen LogP contribution in [0.25, 0.3) is 4.85 Å². The van der Waals surface area contributed by atoms with Gasteiger partial charge in [0.05, 0.1) is 18.2 Å². The molecule has 2 rings (SSSR count). The Hall–Kier alpha value is -2.11. The minimum atomic E-state index is -0.207. The Labute approximate surface area is 106 Å². The van der Waals surface area contributed by atoms with Crippen molar-refractivity contribution >= 4 is 11.5 Å². The summed E-state index contributed by atoms with van der Waals surface area (Å²) in [6, 6.07) is 2.05. The second-order valence-electron chi connectivity index (χ2n) is 4.30. The molecule has 92 valence electrons. The third-order valence-electron chi connectivity index (χ3n) is 3.14. The van der Waals surface area contributed by atoms with Crippen LogP contribution in [0.15, 0.2) is 0 Å². The largest absolute Gasteiger partial charge is 0.383 e. The van der Waals surface area contributed by atoms with E-state index < -0.39 is 0 Å². The monoisotopic (exact) mass is 242 g/mol. The van der Waals surface area contributed by atoms with Crippen molar-refractivity contribution in [1.82, 2.24) is 4.98 Å². The number of anilines is 1. The van der Waals surface area contributed by atoms with E-state index in [4.69, 9.17) is 17.0 Å². The molecular weight excluding hydrogens is 228 g/mol. The predicted molar refractivity (Wildman–Crippen MR) is 66.9 cm³/mol. The molecule has 0 amide bonds. The number of nitrogens with zero attached hydrogens (tertiary/aromatic N) is 3. The van der Waals surface area contributed by atoms with Crippen molar-refractivity contribution in [3.63, 3.8) is 0 Å². The molecule has 1 aromatic rings. The van der Waals surface area contributed by atoms with E-state index in [9.17, 15) is 5.26 Å². The average molecular weight is 242 g/mol. The molecule has 5 nitrogen and oxygen atoms in total. The molecule has 1 fully saturated rings. The Kier molecular flexibility index (Phi) is 3.45. The number of rotatable bonds is 1. The number of aromatic nitrogens is 1. The number of pyridine rings is 1. The predicted octanol–water partition coefficient (Wildman–Crippen LogP) is 2.64. The summed E-state index contributed by atoms with van der Waals surface area (Å²) in [5.74, 6) is 0.187. The van der Waals surface area contributed by atoms with E-state index in [0.717, 1.165) is 19.3 Å². The quantitative estimate of drug-likeness (QED) is 0.768. The van der Waals surface area contributed by atoms with Crippen LogP contribution in [-0.2, 0) is 4.74 Å². The summed E-state index contributed by atoms with van der Waals surface area (Å²) >= 11 is 0. The van der Waals surface area contributed by atoms with E-state index >= 15 is 0 Å². The smallest absolute Gasteiger partial charge is 0.215 e. The Bertz CT molecular complexity index is 509. The maximum atomic E-state index is 9.21. The zero-order valence-electron chi connectivity index (χ0n) is 10.2. The van der Waals surface area contributed by atoms with E-state index in [-0.39, 0.29) is 11.9 Å². The fourth-order valence-corrected chi connectivity index (χ4v) is 2.28. The molecule has 0 radical (unpaired) electrons. The Morgan fingerprint density at radius 1 is 1.56 bits per heavy atom. The van der Waals surface area contributed by atoms with Gasteiger partial charge in [0.1, 0.15) is 11.9 Å². The summed E-state index contributed by atoms with van der Waals surface area (Å²) in [6.45, 7) is 9.66. The van der Waals surface area contributed by atoms with Crippen LogP contribution in [0.2, 0.25) is 0 Å². The first-order chi connectivity index (χ1) is 8.69. The minimum absolute atomic E-state index is 0.187. The zero-order chi connectivity index (χ0) is 13.1. The highest BCUT2D eigenvalue weighted by atomic mass is 16.5. The standard InChI is InChI=1S/C13H14N4O/c1-8-12(16-2)11(9(7-14)13(15)17-8)10-5-3-4-6-18-10/h10H,3-6H2,1H3,(H2,15,17). The van der Waals surface area contributed by atoms with E-state index in [2.05, 4.69) is 15.9 Å². The Balaban J connectivity index is 2.62. The lowest BCUT2D eigenvalue weighted by atomic mass is 9.95. The van der Waals surface area contributed by atoms with Gasteiger partial charge in [0.2, 0.25) is 5.69 Å². The van der Waals surface area contributed by atoms with E-state index in [0.29, 0.717) is 29.1 Å². The Morgan fingerprint density at radius 3 is 2.89 bits per heavy atom. The fraction of sp³-hybridized carbons (Fsp3) is 0.462. The number of aryl methyl sites for hydroxylation is 1. The Morgan fingerprint density at radius 2 is 2.33 bits per heavy atom. The van der Waals surface area contributed by atoms with Crippen molar-refractivity contribution in [3.8, 4) is 6.07 Å². The first-order valence-electron chi connectivity index (χ1n) is 5.88. The lowest BCUT2D eigenvalue weighted by molar-refractivity contribution is 0.0153. The molecule has 0 spiro atoms. The third kappa shape index (κ3) is 2.01. The second-order valence-corrected chi connectivity index (χ2v) is 4.30. The SMILES string of the molecule is [C-]#[N+]c1c(C)nc(N)c(C#N)c1C1CCCCO1. The van der Waals surface area contributed by atoms with Gasteiger partial charge < -0.3 is 10.5 Å². The summed E-state index contributed by atoms with van der Waals surface area (Å²) in [5, 5.41) is 9.21. The first kappa shape index (κ1) is 12.3. The minimum Gasteiger partial charge on any atom is -0.383 e. The van der Waals surface area contributed by atoms with Crippen LogP contribution in [0.3, 0.4) is 0 Å². The zero-order valence-corrected chi connectivity index (χ0v) is 10.2. The molecule has 1 unspecified atom stereocenters. The summed E-state index contributed by atoms with van der Waals surface area (Å²) in [5.41, 5.74) is 7.65. The van der Waals surface area contributed by atoms with Crippen molar-refractivity contribution in [2.75, 3.05) is 12.3 Å². The number of hydrogen-bond donors (Lipinski definition) is 1. The highest BCUT2D eigenvalue weighted by Crippen LogP contribution is 2.39. The van der Waals surface area contributed by atoms with Gasteiger partial charge in [0.25, 0.3) is 0 Å². The van der Waals surface area contributed by atoms with Crippen LogP contribution >= 0.6 is 0 Å². The number of ether oxygens (including phenoxy) is 1. The number of nitriles is 1. The lowest BCUT2D eigenvalue weighted by Crippen LogP contribution is -2.15. The van der Waals surface area contributed by atoms with Crippen LogP contribution in [0, 0.1) is 24.8 Å². The van der Waals surface area contributed by atoms with Gasteiger partial charge in [0, 0.05) is 17.9 Å². The van der Waals surface area contributed by atoms with E-state index in [1.807, 2.05) is 0 Å². The summed E-state index contributed by atoms with van der Waals surface area (Å²) in [7, 11) is 0. The molecule has 5 heteroatoms. The fourth-order valence-electron chi connectivity index (χ4n) is 2.28. The molecule has 0 aliphatic carbocycles. The molecule has 1 aliphatic rings. The molecule has 2 N–H and O–H groups in total. The van der Waals surface area contributed by atoms with Gasteiger partial charge in [0.15, 0.2) is 0 Å². The molecule has 1 atom stereocenters. The van der Waals surface area contributed by atoms with Crippen LogP contribution in [0.1, 0.15) is 42.2 Å². The second kappa shape index (κ2) is 5.03. The number of hydrogen-bond acceptors (Lipinski definition) is 4. The first-order valence-corrected chi connectivity index (χ1v) is 5.88. The highest BCUT2D eigenvalue weighted by molar-refractivity contribution is 5.68. The highest BCUT2D eigenvalue weighted by Gasteiger charge is 2.26. The van der Waals surface area contributed by atoms with Crippen molar-refractivity contribution in [2.45, 2.75) is 32.3 Å². The summed E-state index contributed by atoms with van der Waals surface area (Å²) in [4.78, 5) is 7.55. The van der Waals surface area contributed by atoms with Gasteiger partial charge in [-0.2, -0.15) is 5.26 Å². The maximum Gasteiger partial charge on any atom is 0.215 e. The molecule has 2 heterocycles. The van der Waals surface area contributed by atoms with Gasteiger partial charge in [-0.3, -0.25) is 0 Å². The molecule has 0 saturated carbocycles. The average Bonchev–Trinajstić information content (AvgIpc) is 2.39. The molecule has 1 aromatic heterocycles. The van der Waals surface area contributed by atoms with Gasteiger partial charge in [-0.15, -0.1) is 0 Å². The van der Waals surface area contributed by atoms with Crippen LogP contribution in [0.4, 0.5) is 11.5 Å². The van der Waals surface area contributed by atoms with Crippen molar-refractivity contribution in [3.05, 3.63) is 28.2 Å². The topological polar surface area (TPSA) is 76.3 Å². The van der Waals surface area contributed by atoms with Crippen molar-refractivity contribution < 1.29 is 4.74 Å². The molecule has 1 aliphatic heterocycles. The van der Waals surface area contributed by atoms with Crippen LogP contribution in [0.5, 0.6) is 0 Å². The molecule has 1 saturated heterocycles. The molecule has 0 aromatic carbocycles. The number of nitrogen functional groups attached to an aromatic ring is 1. The van der Waals surface area contributed by atoms with Crippen molar-refractivity contribution in [1.29, 1.82) is 5.26 Å². The molecule has 18 heavy (non-hydrogen) atoms. The van der Waals surface area contributed by atoms with Gasteiger partial charge in [-0.1, -0.05) is 0 Å². The normalized spacial score (nSPS) is 18.9. The van der Waals surface area contributed by atoms with E-state index in [1.165, 1.54) is 0 Å². The van der Waals surface area contributed by atoms with Crippen LogP contribution in [-0.4, -0.2) is 11.6 Å². The number of nitrogens with two attached hydrogens (primary N) is 1. The van der Waals surface area contributed by atoms with Crippen LogP contribution < -0.4 is 5.73 Å². The van der Waals surface area contributed by atoms with Gasteiger partial charge in [-0.05, 0) is 26.2 Å². The van der Waals surface area contributed by atoms with Crippen molar-refractivity contribution in [2.24, 2.45) is 0 Å². The third-order valence-corrected chi connectivity index (χ3v) is 3.14. The summed E-state index contributed by atoms with van der Waals surface area (Å²) < 4.78 is 5.68. The van der Waals surface area contributed by atoms with E-state index in [1.54, 1.807) is 6.92 Å². The van der Waals surface area contributed by atoms with Gasteiger partial charge >= 0.3 is 0 Å². The lowest BCUT2D eigenvalue weighted by Gasteiger charge is -2.25. The maximum absolute atomic E-state index is 9.21. The van der Waals surface area contributed by atoms with Gasteiger partial charge in [-0.25, -0.2) is 9.83 Å². The molecular formula is C13H14N4O. The summed E-state index contributed by atoms with van der Waals surface area (Å²) in [6.07, 6.45) is 2.67.